The Bertz CT molecular complexity index is 388. The molecule has 0 spiro atoms. The molecule has 2 heterocycles. The van der Waals surface area contributed by atoms with Crippen molar-refractivity contribution < 1.29 is 9.47 Å². The van der Waals surface area contributed by atoms with E-state index in [1.165, 1.54) is 0 Å². The minimum absolute atomic E-state index is 0.0233. The first-order chi connectivity index (χ1) is 7.15. The number of nitrogens with two attached hydrogens (primary N) is 1. The van der Waals surface area contributed by atoms with E-state index in [0.717, 1.165) is 5.69 Å². The van der Waals surface area contributed by atoms with Gasteiger partial charge < -0.3 is 15.2 Å². The maximum atomic E-state index is 7.34. The van der Waals surface area contributed by atoms with Gasteiger partial charge in [0.2, 0.25) is 5.88 Å². The van der Waals surface area contributed by atoms with Gasteiger partial charge in [-0.15, -0.1) is 0 Å². The second-order valence-corrected chi connectivity index (χ2v) is 3.53. The highest BCUT2D eigenvalue weighted by Gasteiger charge is 2.20. The number of aromatic nitrogens is 1. The smallest absolute Gasteiger partial charge is 0.214 e. The van der Waals surface area contributed by atoms with E-state index in [2.05, 4.69) is 4.98 Å². The van der Waals surface area contributed by atoms with Crippen molar-refractivity contribution in [3.63, 3.8) is 0 Å². The molecule has 5 nitrogen and oxygen atoms in total. The largest absolute Gasteiger partial charge is 0.469 e. The summed E-state index contributed by atoms with van der Waals surface area (Å²) >= 11 is 0. The Kier molecular flexibility index (Phi) is 2.55. The van der Waals surface area contributed by atoms with Crippen molar-refractivity contribution in [2.45, 2.75) is 13.0 Å². The summed E-state index contributed by atoms with van der Waals surface area (Å²) in [5.41, 5.74) is 6.83. The van der Waals surface area contributed by atoms with E-state index in [4.69, 9.17) is 20.6 Å². The van der Waals surface area contributed by atoms with Crippen LogP contribution in [0.2, 0.25) is 0 Å². The highest BCUT2D eigenvalue weighted by Crippen LogP contribution is 2.16. The zero-order valence-corrected chi connectivity index (χ0v) is 8.49. The van der Waals surface area contributed by atoms with Gasteiger partial charge in [-0.1, -0.05) is 0 Å². The fourth-order valence-corrected chi connectivity index (χ4v) is 1.31. The third-order valence-electron chi connectivity index (χ3n) is 2.14. The van der Waals surface area contributed by atoms with Gasteiger partial charge in [0.1, 0.15) is 11.9 Å². The Morgan fingerprint density at radius 1 is 1.60 bits per heavy atom. The number of pyridine rings is 1. The highest BCUT2D eigenvalue weighted by atomic mass is 16.6. The van der Waals surface area contributed by atoms with Crippen LogP contribution >= 0.6 is 0 Å². The summed E-state index contributed by atoms with van der Waals surface area (Å²) in [6, 6.07) is 3.43. The van der Waals surface area contributed by atoms with Crippen LogP contribution < -0.4 is 10.5 Å². The molecule has 1 saturated heterocycles. The fraction of sp³-hybridized carbons (Fsp3) is 0.400. The van der Waals surface area contributed by atoms with E-state index in [1.54, 1.807) is 12.1 Å². The molecule has 0 unspecified atom stereocenters. The molecular formula is C10H13N3O2. The van der Waals surface area contributed by atoms with Crippen LogP contribution in [0.5, 0.6) is 5.88 Å². The van der Waals surface area contributed by atoms with Crippen LogP contribution in [0.15, 0.2) is 12.1 Å². The van der Waals surface area contributed by atoms with Gasteiger partial charge in [-0.05, 0) is 13.0 Å². The molecule has 1 aromatic heterocycles. The molecule has 1 aliphatic rings. The van der Waals surface area contributed by atoms with E-state index in [1.807, 2.05) is 6.92 Å². The number of hydrogen-bond donors (Lipinski definition) is 2. The number of ether oxygens (including phenoxy) is 2. The summed E-state index contributed by atoms with van der Waals surface area (Å²) in [7, 11) is 0. The lowest BCUT2D eigenvalue weighted by Gasteiger charge is -2.26. The molecule has 80 valence electrons. The zero-order chi connectivity index (χ0) is 10.8. The molecule has 0 radical (unpaired) electrons. The number of rotatable bonds is 3. The Labute approximate surface area is 87.7 Å². The van der Waals surface area contributed by atoms with Gasteiger partial charge in [0.25, 0.3) is 0 Å². The summed E-state index contributed by atoms with van der Waals surface area (Å²) in [6.07, 6.45) is 0.0825. The van der Waals surface area contributed by atoms with Crippen LogP contribution in [-0.2, 0) is 4.74 Å². The van der Waals surface area contributed by atoms with Crippen LogP contribution in [0.4, 0.5) is 0 Å². The molecular weight excluding hydrogens is 194 g/mol. The molecule has 1 aliphatic heterocycles. The quantitative estimate of drug-likeness (QED) is 0.557. The van der Waals surface area contributed by atoms with Crippen LogP contribution in [-0.4, -0.2) is 30.1 Å². The lowest BCUT2D eigenvalue weighted by Crippen LogP contribution is -2.38. The standard InChI is InChI=1S/C10H13N3O2/c1-6-2-7(10(11)12)3-9(13-6)15-8-4-14-5-8/h2-3,8H,4-5H2,1H3,(H3,11,12). The first-order valence-electron chi connectivity index (χ1n) is 4.72. The van der Waals surface area contributed by atoms with Crippen LogP contribution in [0.25, 0.3) is 0 Å². The summed E-state index contributed by atoms with van der Waals surface area (Å²) in [6.45, 7) is 3.05. The molecule has 0 saturated carbocycles. The predicted molar refractivity (Wildman–Crippen MR) is 55.2 cm³/mol. The Balaban J connectivity index is 2.18. The number of nitrogens with one attached hydrogen (secondary N) is 1. The van der Waals surface area contributed by atoms with Gasteiger partial charge >= 0.3 is 0 Å². The third-order valence-corrected chi connectivity index (χ3v) is 2.14. The molecule has 1 aromatic rings. The Morgan fingerprint density at radius 2 is 2.33 bits per heavy atom. The van der Waals surface area contributed by atoms with Crippen molar-refractivity contribution in [3.8, 4) is 5.88 Å². The molecule has 5 heteroatoms. The summed E-state index contributed by atoms with van der Waals surface area (Å²) in [4.78, 5) is 4.21. The molecule has 3 N–H and O–H groups in total. The van der Waals surface area contributed by atoms with E-state index < -0.39 is 0 Å². The second-order valence-electron chi connectivity index (χ2n) is 3.53. The minimum atomic E-state index is 0.0233. The van der Waals surface area contributed by atoms with E-state index in [0.29, 0.717) is 24.7 Å². The lowest BCUT2D eigenvalue weighted by molar-refractivity contribution is -0.0813. The van der Waals surface area contributed by atoms with Gasteiger partial charge in [-0.2, -0.15) is 0 Å². The van der Waals surface area contributed by atoms with Gasteiger partial charge in [0.15, 0.2) is 0 Å². The SMILES string of the molecule is Cc1cc(C(=N)N)cc(OC2COC2)n1. The van der Waals surface area contributed by atoms with E-state index in [9.17, 15) is 0 Å². The average Bonchev–Trinajstić information content (AvgIpc) is 2.10. The van der Waals surface area contributed by atoms with E-state index in [-0.39, 0.29) is 11.9 Å². The molecule has 0 aliphatic carbocycles. The molecule has 1 fully saturated rings. The first kappa shape index (κ1) is 9.92. The Hall–Kier alpha value is -1.62. The van der Waals surface area contributed by atoms with Crippen molar-refractivity contribution in [1.82, 2.24) is 4.98 Å². The normalized spacial score (nSPS) is 15.8. The second kappa shape index (κ2) is 3.86. The van der Waals surface area contributed by atoms with Crippen molar-refractivity contribution in [2.75, 3.05) is 13.2 Å². The molecule has 0 amide bonds. The van der Waals surface area contributed by atoms with Crippen molar-refractivity contribution >= 4 is 5.84 Å². The molecule has 0 bridgehead atoms. The predicted octanol–water partition coefficient (Wildman–Crippen LogP) is 0.452. The first-order valence-corrected chi connectivity index (χ1v) is 4.72. The average molecular weight is 207 g/mol. The maximum Gasteiger partial charge on any atom is 0.214 e. The zero-order valence-electron chi connectivity index (χ0n) is 8.49. The van der Waals surface area contributed by atoms with Crippen molar-refractivity contribution in [1.29, 1.82) is 5.41 Å². The summed E-state index contributed by atoms with van der Waals surface area (Å²) < 4.78 is 10.5. The Morgan fingerprint density at radius 3 is 2.87 bits per heavy atom. The summed E-state index contributed by atoms with van der Waals surface area (Å²) in [5.74, 6) is 0.531. The van der Waals surface area contributed by atoms with E-state index >= 15 is 0 Å². The van der Waals surface area contributed by atoms with Gasteiger partial charge in [0.05, 0.1) is 13.2 Å². The number of hydrogen-bond acceptors (Lipinski definition) is 4. The number of nitrogen functional groups attached to an aromatic ring is 1. The molecule has 0 atom stereocenters. The minimum Gasteiger partial charge on any atom is -0.469 e. The maximum absolute atomic E-state index is 7.34. The third kappa shape index (κ3) is 2.24. The van der Waals surface area contributed by atoms with Gasteiger partial charge in [-0.3, -0.25) is 5.41 Å². The fourth-order valence-electron chi connectivity index (χ4n) is 1.31. The van der Waals surface area contributed by atoms with Crippen LogP contribution in [0.3, 0.4) is 0 Å². The molecule has 2 rings (SSSR count). The molecule has 0 aromatic carbocycles. The van der Waals surface area contributed by atoms with Crippen LogP contribution in [0.1, 0.15) is 11.3 Å². The summed E-state index contributed by atoms with van der Waals surface area (Å²) in [5, 5.41) is 7.34. The highest BCUT2D eigenvalue weighted by molar-refractivity contribution is 5.95. The number of aryl methyl sites for hydroxylation is 1. The van der Waals surface area contributed by atoms with Crippen molar-refractivity contribution in [2.24, 2.45) is 5.73 Å². The van der Waals surface area contributed by atoms with Gasteiger partial charge in [0, 0.05) is 17.3 Å². The number of nitrogens with zero attached hydrogens (tertiary/aromatic N) is 1. The van der Waals surface area contributed by atoms with Crippen LogP contribution in [0, 0.1) is 12.3 Å². The van der Waals surface area contributed by atoms with Crippen molar-refractivity contribution in [3.05, 3.63) is 23.4 Å². The monoisotopic (exact) mass is 207 g/mol. The molecule has 15 heavy (non-hydrogen) atoms. The lowest BCUT2D eigenvalue weighted by atomic mass is 10.2. The number of amidine groups is 1. The topological polar surface area (TPSA) is 81.2 Å². The van der Waals surface area contributed by atoms with Gasteiger partial charge in [-0.25, -0.2) is 4.98 Å².